The van der Waals surface area contributed by atoms with Gasteiger partial charge in [-0.3, -0.25) is 0 Å². The second kappa shape index (κ2) is 9.92. The van der Waals surface area contributed by atoms with E-state index >= 15 is 0 Å². The molecular formula is C32H46O. The molecule has 0 saturated heterocycles. The first-order valence-electron chi connectivity index (χ1n) is 12.2. The summed E-state index contributed by atoms with van der Waals surface area (Å²) in [6, 6.07) is 13.7. The molecular weight excluding hydrogens is 400 g/mol. The van der Waals surface area contributed by atoms with Crippen molar-refractivity contribution in [2.45, 2.75) is 88.0 Å². The number of allylic oxidation sites excluding steroid dienone is 2. The molecule has 0 aliphatic carbocycles. The second-order valence-electron chi connectivity index (χ2n) is 12.3. The Kier molecular flexibility index (Phi) is 8.10. The summed E-state index contributed by atoms with van der Waals surface area (Å²) < 4.78 is 6.00. The molecule has 1 heteroatoms. The molecule has 0 aliphatic rings. The van der Waals surface area contributed by atoms with Gasteiger partial charge in [-0.25, -0.2) is 0 Å². The van der Waals surface area contributed by atoms with Crippen LogP contribution in [0.25, 0.3) is 11.3 Å². The summed E-state index contributed by atoms with van der Waals surface area (Å²) in [6.45, 7) is 29.6. The molecule has 2 aromatic carbocycles. The summed E-state index contributed by atoms with van der Waals surface area (Å²) in [5, 5.41) is 0. The zero-order valence-corrected chi connectivity index (χ0v) is 23.1. The smallest absolute Gasteiger partial charge is 0.119 e. The molecule has 0 saturated carbocycles. The quantitative estimate of drug-likeness (QED) is 0.385. The van der Waals surface area contributed by atoms with Crippen molar-refractivity contribution in [1.29, 1.82) is 0 Å². The van der Waals surface area contributed by atoms with Gasteiger partial charge in [0.05, 0.1) is 6.61 Å². The first-order valence-corrected chi connectivity index (χ1v) is 12.2. The maximum absolute atomic E-state index is 6.00. The van der Waals surface area contributed by atoms with Crippen molar-refractivity contribution in [2.75, 3.05) is 6.61 Å². The van der Waals surface area contributed by atoms with Crippen LogP contribution in [0.2, 0.25) is 0 Å². The molecule has 0 heterocycles. The summed E-state index contributed by atoms with van der Waals surface area (Å²) in [5.74, 6) is 0.755. The highest BCUT2D eigenvalue weighted by molar-refractivity contribution is 5.71. The van der Waals surface area contributed by atoms with Crippen molar-refractivity contribution in [3.8, 4) is 0 Å². The minimum absolute atomic E-state index is 0.00236. The molecule has 0 aliphatic heterocycles. The third-order valence-corrected chi connectivity index (χ3v) is 6.98. The lowest BCUT2D eigenvalue weighted by Crippen LogP contribution is -2.37. The second-order valence-corrected chi connectivity index (χ2v) is 12.3. The molecule has 2 rings (SSSR count). The van der Waals surface area contributed by atoms with Gasteiger partial charge in [0.25, 0.3) is 0 Å². The van der Waals surface area contributed by atoms with Crippen molar-refractivity contribution in [1.82, 2.24) is 0 Å². The Morgan fingerprint density at radius 1 is 0.879 bits per heavy atom. The van der Waals surface area contributed by atoms with Crippen molar-refractivity contribution in [3.05, 3.63) is 82.4 Å². The lowest BCUT2D eigenvalue weighted by Gasteiger charge is -2.44. The molecule has 33 heavy (non-hydrogen) atoms. The van der Waals surface area contributed by atoms with Gasteiger partial charge in [0.1, 0.15) is 5.76 Å². The topological polar surface area (TPSA) is 9.23 Å². The fourth-order valence-electron chi connectivity index (χ4n) is 4.40. The highest BCUT2D eigenvalue weighted by Gasteiger charge is 2.40. The number of aryl methyl sites for hydroxylation is 3. The Morgan fingerprint density at radius 2 is 1.45 bits per heavy atom. The molecule has 0 aromatic heterocycles. The average Bonchev–Trinajstić information content (AvgIpc) is 2.67. The molecule has 0 amide bonds. The van der Waals surface area contributed by atoms with Crippen LogP contribution in [0.4, 0.5) is 0 Å². The zero-order chi connectivity index (χ0) is 25.2. The van der Waals surface area contributed by atoms with Crippen molar-refractivity contribution in [2.24, 2.45) is 10.8 Å². The summed E-state index contributed by atoms with van der Waals surface area (Å²) in [4.78, 5) is 0. The van der Waals surface area contributed by atoms with Crippen LogP contribution in [-0.2, 0) is 10.2 Å². The summed E-state index contributed by atoms with van der Waals surface area (Å²) in [7, 11) is 0. The minimum Gasteiger partial charge on any atom is -0.493 e. The average molecular weight is 447 g/mol. The van der Waals surface area contributed by atoms with E-state index in [2.05, 4.69) is 125 Å². The zero-order valence-electron chi connectivity index (χ0n) is 23.1. The van der Waals surface area contributed by atoms with Gasteiger partial charge in [0.15, 0.2) is 0 Å². The van der Waals surface area contributed by atoms with Gasteiger partial charge in [-0.1, -0.05) is 109 Å². The van der Waals surface area contributed by atoms with Gasteiger partial charge < -0.3 is 4.74 Å². The monoisotopic (exact) mass is 446 g/mol. The van der Waals surface area contributed by atoms with Crippen LogP contribution in [0, 0.1) is 31.6 Å². The van der Waals surface area contributed by atoms with Crippen LogP contribution in [0.1, 0.15) is 95.2 Å². The summed E-state index contributed by atoms with van der Waals surface area (Å²) in [6.07, 6.45) is 3.27. The van der Waals surface area contributed by atoms with Crippen LogP contribution < -0.4 is 0 Å². The molecule has 0 bridgehead atoms. The Hall–Kier alpha value is -2.28. The van der Waals surface area contributed by atoms with E-state index in [0.717, 1.165) is 17.7 Å². The van der Waals surface area contributed by atoms with Gasteiger partial charge in [0, 0.05) is 11.0 Å². The Labute approximate surface area is 204 Å². The Bertz CT molecular complexity index is 1000. The Balaban J connectivity index is 2.41. The molecule has 180 valence electrons. The van der Waals surface area contributed by atoms with Crippen LogP contribution in [0.5, 0.6) is 0 Å². The fraction of sp³-hybridized carbons (Fsp3) is 0.500. The van der Waals surface area contributed by atoms with Crippen LogP contribution >= 0.6 is 0 Å². The molecule has 0 fully saturated rings. The fourth-order valence-corrected chi connectivity index (χ4v) is 4.40. The first kappa shape index (κ1) is 27.0. The highest BCUT2D eigenvalue weighted by atomic mass is 16.5. The van der Waals surface area contributed by atoms with Gasteiger partial charge in [-0.05, 0) is 67.2 Å². The predicted molar refractivity (Wildman–Crippen MR) is 147 cm³/mol. The van der Waals surface area contributed by atoms with E-state index in [4.69, 9.17) is 4.74 Å². The van der Waals surface area contributed by atoms with Gasteiger partial charge in [-0.2, -0.15) is 0 Å². The molecule has 0 radical (unpaired) electrons. The predicted octanol–water partition coefficient (Wildman–Crippen LogP) is 9.44. The largest absolute Gasteiger partial charge is 0.493 e. The van der Waals surface area contributed by atoms with E-state index in [9.17, 15) is 0 Å². The SMILES string of the molecule is C=C(OCC(C)(C)C)c1ccc(C(=CC)CC(C)(c2cc(C)cc(C)c2)C(C)(C)C)cc1C. The number of hydrogen-bond acceptors (Lipinski definition) is 1. The maximum Gasteiger partial charge on any atom is 0.119 e. The van der Waals surface area contributed by atoms with E-state index < -0.39 is 0 Å². The summed E-state index contributed by atoms with van der Waals surface area (Å²) in [5.41, 5.74) is 9.24. The Morgan fingerprint density at radius 3 is 1.91 bits per heavy atom. The van der Waals surface area contributed by atoms with Gasteiger partial charge in [-0.15, -0.1) is 0 Å². The van der Waals surface area contributed by atoms with Crippen molar-refractivity contribution >= 4 is 11.3 Å². The number of ether oxygens (including phenoxy) is 1. The van der Waals surface area contributed by atoms with Crippen LogP contribution in [0.3, 0.4) is 0 Å². The summed E-state index contributed by atoms with van der Waals surface area (Å²) >= 11 is 0. The molecule has 1 atom stereocenters. The normalized spacial score (nSPS) is 14.7. The molecule has 0 spiro atoms. The van der Waals surface area contributed by atoms with E-state index in [1.54, 1.807) is 0 Å². The first-order chi connectivity index (χ1) is 15.1. The van der Waals surface area contributed by atoms with Gasteiger partial charge in [0.2, 0.25) is 0 Å². The lowest BCUT2D eigenvalue weighted by atomic mass is 9.60. The minimum atomic E-state index is -0.00236. The van der Waals surface area contributed by atoms with E-state index in [-0.39, 0.29) is 16.2 Å². The van der Waals surface area contributed by atoms with Crippen molar-refractivity contribution < 1.29 is 4.74 Å². The number of benzene rings is 2. The standard InChI is InChI=1S/C32H46O/c1-13-26(20-32(12,31(9,10)11)28-17-22(2)16-23(3)18-28)27-14-15-29(24(4)19-27)25(5)33-21-30(6,7)8/h13-19H,5,20-21H2,1-4,6-12H3. The maximum atomic E-state index is 6.00. The lowest BCUT2D eigenvalue weighted by molar-refractivity contribution is 0.170. The van der Waals surface area contributed by atoms with E-state index in [0.29, 0.717) is 6.61 Å². The van der Waals surface area contributed by atoms with Crippen LogP contribution in [0.15, 0.2) is 49.1 Å². The third kappa shape index (κ3) is 6.62. The highest BCUT2D eigenvalue weighted by Crippen LogP contribution is 2.48. The number of rotatable bonds is 7. The number of hydrogen-bond donors (Lipinski definition) is 0. The van der Waals surface area contributed by atoms with E-state index in [1.807, 2.05) is 0 Å². The molecule has 2 aromatic rings. The third-order valence-electron chi connectivity index (χ3n) is 6.98. The molecule has 1 nitrogen and oxygen atoms in total. The van der Waals surface area contributed by atoms with Gasteiger partial charge >= 0.3 is 0 Å². The van der Waals surface area contributed by atoms with Crippen molar-refractivity contribution in [3.63, 3.8) is 0 Å². The molecule has 1 unspecified atom stereocenters. The van der Waals surface area contributed by atoms with E-state index in [1.165, 1.54) is 33.4 Å². The van der Waals surface area contributed by atoms with Crippen LogP contribution in [-0.4, -0.2) is 6.61 Å². The molecule has 0 N–H and O–H groups in total.